The topological polar surface area (TPSA) is 41.9 Å². The molecule has 0 aromatic heterocycles. The van der Waals surface area contributed by atoms with Gasteiger partial charge in [0.1, 0.15) is 5.75 Å². The Morgan fingerprint density at radius 1 is 1.35 bits per heavy atom. The van der Waals surface area contributed by atoms with Crippen molar-refractivity contribution in [3.05, 3.63) is 29.8 Å². The van der Waals surface area contributed by atoms with Gasteiger partial charge in [-0.15, -0.1) is 0 Å². The highest BCUT2D eigenvalue weighted by Crippen LogP contribution is 2.34. The summed E-state index contributed by atoms with van der Waals surface area (Å²) < 4.78 is 11.6. The van der Waals surface area contributed by atoms with E-state index in [4.69, 9.17) is 9.47 Å². The molecule has 2 aliphatic rings. The Bertz CT molecular complexity index is 475. The molecule has 0 spiro atoms. The average molecular weight is 277 g/mol. The van der Waals surface area contributed by atoms with Gasteiger partial charge in [0.15, 0.2) is 0 Å². The normalized spacial score (nSPS) is 28.9. The largest absolute Gasteiger partial charge is 0.493 e. The molecule has 3 rings (SSSR count). The first-order valence-electron chi connectivity index (χ1n) is 7.30. The van der Waals surface area contributed by atoms with E-state index in [1.807, 2.05) is 12.1 Å². The lowest BCUT2D eigenvalue weighted by atomic mass is 9.98. The minimum atomic E-state index is -0.204. The number of benzene rings is 1. The lowest BCUT2D eigenvalue weighted by molar-refractivity contribution is -0.149. The molecule has 20 heavy (non-hydrogen) atoms. The summed E-state index contributed by atoms with van der Waals surface area (Å²) in [7, 11) is 0. The molecule has 4 heteroatoms. The van der Waals surface area contributed by atoms with Crippen LogP contribution in [0.15, 0.2) is 24.3 Å². The van der Waals surface area contributed by atoms with E-state index < -0.39 is 0 Å². The number of hydrogen-bond donors (Lipinski definition) is 1. The Morgan fingerprint density at radius 2 is 2.15 bits per heavy atom. The maximum absolute atomic E-state index is 9.38. The molecule has 0 aliphatic carbocycles. The number of hydrogen-bond acceptors (Lipinski definition) is 4. The molecular weight excluding hydrogens is 254 g/mol. The molecular formula is C16H23NO3. The van der Waals surface area contributed by atoms with Crippen molar-refractivity contribution < 1.29 is 14.6 Å². The van der Waals surface area contributed by atoms with Crippen LogP contribution in [0.25, 0.3) is 0 Å². The maximum Gasteiger partial charge on any atom is 0.122 e. The van der Waals surface area contributed by atoms with E-state index in [0.717, 1.165) is 32.0 Å². The van der Waals surface area contributed by atoms with E-state index in [1.54, 1.807) is 0 Å². The van der Waals surface area contributed by atoms with Crippen molar-refractivity contribution >= 4 is 0 Å². The van der Waals surface area contributed by atoms with E-state index in [9.17, 15) is 5.11 Å². The number of ether oxygens (including phenoxy) is 2. The zero-order chi connectivity index (χ0) is 14.2. The molecule has 2 atom stereocenters. The van der Waals surface area contributed by atoms with Gasteiger partial charge in [-0.05, 0) is 19.9 Å². The van der Waals surface area contributed by atoms with Gasteiger partial charge in [0.05, 0.1) is 24.9 Å². The summed E-state index contributed by atoms with van der Waals surface area (Å²) in [6.07, 6.45) is -0.0867. The lowest BCUT2D eigenvalue weighted by Crippen LogP contribution is -2.54. The highest BCUT2D eigenvalue weighted by atomic mass is 16.5. The van der Waals surface area contributed by atoms with Crippen LogP contribution in [0.3, 0.4) is 0 Å². The van der Waals surface area contributed by atoms with E-state index >= 15 is 0 Å². The average Bonchev–Trinajstić information content (AvgIpc) is 2.80. The van der Waals surface area contributed by atoms with E-state index in [1.165, 1.54) is 5.56 Å². The molecule has 1 N–H and O–H groups in total. The van der Waals surface area contributed by atoms with Gasteiger partial charge in [-0.25, -0.2) is 0 Å². The fraction of sp³-hybridized carbons (Fsp3) is 0.625. The number of nitrogens with zero attached hydrogens (tertiary/aromatic N) is 1. The number of morpholine rings is 1. The molecule has 1 fully saturated rings. The molecule has 1 aromatic carbocycles. The fourth-order valence-electron chi connectivity index (χ4n) is 3.34. The summed E-state index contributed by atoms with van der Waals surface area (Å²) in [5, 5.41) is 9.38. The number of aliphatic hydroxyl groups is 1. The first-order chi connectivity index (χ1) is 9.57. The van der Waals surface area contributed by atoms with Crippen LogP contribution in [-0.4, -0.2) is 54.6 Å². The van der Waals surface area contributed by atoms with Crippen molar-refractivity contribution in [3.8, 4) is 5.75 Å². The maximum atomic E-state index is 9.38. The quantitative estimate of drug-likeness (QED) is 0.912. The van der Waals surface area contributed by atoms with Gasteiger partial charge in [-0.1, -0.05) is 18.2 Å². The fourth-order valence-corrected chi connectivity index (χ4v) is 3.34. The first kappa shape index (κ1) is 13.9. The number of para-hydroxylation sites is 1. The second-order valence-corrected chi connectivity index (χ2v) is 6.42. The summed E-state index contributed by atoms with van der Waals surface area (Å²) >= 11 is 0. The van der Waals surface area contributed by atoms with Gasteiger partial charge in [0.2, 0.25) is 0 Å². The van der Waals surface area contributed by atoms with Crippen LogP contribution in [0, 0.1) is 0 Å². The first-order valence-corrected chi connectivity index (χ1v) is 7.30. The second kappa shape index (κ2) is 5.35. The Labute approximate surface area is 120 Å². The molecule has 1 aromatic rings. The molecule has 2 heterocycles. The van der Waals surface area contributed by atoms with Gasteiger partial charge in [0, 0.05) is 31.1 Å². The zero-order valence-electron chi connectivity index (χ0n) is 12.2. The molecule has 0 radical (unpaired) electrons. The van der Waals surface area contributed by atoms with Crippen LogP contribution in [0.1, 0.15) is 25.3 Å². The number of fused-ring (bicyclic) bond motifs is 1. The standard InChI is InChI=1S/C16H23NO3/c1-16(2)11-17(8-13(9-18)20-16)7-12-10-19-15-6-4-3-5-14(12)15/h3-6,12-13,18H,7-11H2,1-2H3. The van der Waals surface area contributed by atoms with E-state index in [2.05, 4.69) is 30.9 Å². The van der Waals surface area contributed by atoms with Crippen LogP contribution in [0.4, 0.5) is 0 Å². The van der Waals surface area contributed by atoms with Crippen molar-refractivity contribution in [1.82, 2.24) is 4.90 Å². The molecule has 2 aliphatic heterocycles. The van der Waals surface area contributed by atoms with Gasteiger partial charge in [-0.2, -0.15) is 0 Å². The van der Waals surface area contributed by atoms with Gasteiger partial charge >= 0.3 is 0 Å². The third-order valence-corrected chi connectivity index (χ3v) is 4.03. The van der Waals surface area contributed by atoms with Crippen LogP contribution in [0.5, 0.6) is 5.75 Å². The Hall–Kier alpha value is -1.10. The summed E-state index contributed by atoms with van der Waals surface area (Å²) in [6, 6.07) is 8.28. The molecule has 0 amide bonds. The smallest absolute Gasteiger partial charge is 0.122 e. The third kappa shape index (κ3) is 2.82. The monoisotopic (exact) mass is 277 g/mol. The predicted octanol–water partition coefficient (Wildman–Crippen LogP) is 1.63. The predicted molar refractivity (Wildman–Crippen MR) is 77.2 cm³/mol. The molecule has 2 unspecified atom stereocenters. The van der Waals surface area contributed by atoms with Crippen molar-refractivity contribution in [3.63, 3.8) is 0 Å². The summed E-state index contributed by atoms with van der Waals surface area (Å²) in [5.41, 5.74) is 1.10. The Morgan fingerprint density at radius 3 is 2.95 bits per heavy atom. The van der Waals surface area contributed by atoms with Crippen LogP contribution >= 0.6 is 0 Å². The third-order valence-electron chi connectivity index (χ3n) is 4.03. The van der Waals surface area contributed by atoms with Gasteiger partial charge < -0.3 is 14.6 Å². The minimum absolute atomic E-state index is 0.0810. The molecule has 0 bridgehead atoms. The van der Waals surface area contributed by atoms with E-state index in [0.29, 0.717) is 5.92 Å². The van der Waals surface area contributed by atoms with Crippen LogP contribution < -0.4 is 4.74 Å². The highest BCUT2D eigenvalue weighted by molar-refractivity contribution is 5.39. The van der Waals surface area contributed by atoms with Gasteiger partial charge in [0.25, 0.3) is 0 Å². The van der Waals surface area contributed by atoms with E-state index in [-0.39, 0.29) is 18.3 Å². The van der Waals surface area contributed by atoms with Crippen molar-refractivity contribution in [2.75, 3.05) is 32.8 Å². The lowest BCUT2D eigenvalue weighted by Gasteiger charge is -2.43. The minimum Gasteiger partial charge on any atom is -0.493 e. The van der Waals surface area contributed by atoms with Crippen LogP contribution in [-0.2, 0) is 4.74 Å². The van der Waals surface area contributed by atoms with Crippen molar-refractivity contribution in [2.45, 2.75) is 31.5 Å². The van der Waals surface area contributed by atoms with Crippen molar-refractivity contribution in [2.24, 2.45) is 0 Å². The second-order valence-electron chi connectivity index (χ2n) is 6.42. The summed E-state index contributed by atoms with van der Waals surface area (Å²) in [6.45, 7) is 7.64. The van der Waals surface area contributed by atoms with Gasteiger partial charge in [-0.3, -0.25) is 4.90 Å². The summed E-state index contributed by atoms with van der Waals surface area (Å²) in [4.78, 5) is 2.39. The Kier molecular flexibility index (Phi) is 3.71. The highest BCUT2D eigenvalue weighted by Gasteiger charge is 2.35. The number of aliphatic hydroxyl groups excluding tert-OH is 1. The molecule has 4 nitrogen and oxygen atoms in total. The van der Waals surface area contributed by atoms with Crippen LogP contribution in [0.2, 0.25) is 0 Å². The van der Waals surface area contributed by atoms with Crippen molar-refractivity contribution in [1.29, 1.82) is 0 Å². The zero-order valence-corrected chi connectivity index (χ0v) is 12.2. The number of rotatable bonds is 3. The Balaban J connectivity index is 1.69. The molecule has 0 saturated carbocycles. The SMILES string of the molecule is CC1(C)CN(CC2COc3ccccc32)CC(CO)O1. The molecule has 110 valence electrons. The molecule has 1 saturated heterocycles. The summed E-state index contributed by atoms with van der Waals surface area (Å²) in [5.74, 6) is 1.43.